The second-order valence-corrected chi connectivity index (χ2v) is 8.86. The van der Waals surface area contributed by atoms with Crippen LogP contribution in [-0.4, -0.2) is 4.57 Å². The highest BCUT2D eigenvalue weighted by Crippen LogP contribution is 2.52. The lowest BCUT2D eigenvalue weighted by Gasteiger charge is -2.24. The number of para-hydroxylation sites is 1. The van der Waals surface area contributed by atoms with Gasteiger partial charge in [0.25, 0.3) is 0 Å². The Bertz CT molecular complexity index is 1220. The summed E-state index contributed by atoms with van der Waals surface area (Å²) in [5, 5.41) is 1.47. The summed E-state index contributed by atoms with van der Waals surface area (Å²) in [6, 6.07) is 24.7. The van der Waals surface area contributed by atoms with Crippen molar-refractivity contribution >= 4 is 10.9 Å². The molecule has 4 aromatic rings. The zero-order valence-electron chi connectivity index (χ0n) is 16.6. The number of hydrogen-bond acceptors (Lipinski definition) is 0. The molecule has 0 unspecified atom stereocenters. The van der Waals surface area contributed by atoms with Crippen molar-refractivity contribution in [1.29, 1.82) is 0 Å². The lowest BCUT2D eigenvalue weighted by Crippen LogP contribution is -2.17. The van der Waals surface area contributed by atoms with Crippen LogP contribution in [0.3, 0.4) is 0 Å². The molecule has 0 saturated heterocycles. The standard InChI is InChI=1S/C27H25N/c1-27(2)23-14-8-6-12-19(23)21-16-17-22-20-13-7-9-15-24(20)28(26(22)25(21)27)18-10-4-3-5-11-18/h3-6,8,10-12,14,16-17H,7,9,13,15H2,1-2H3. The summed E-state index contributed by atoms with van der Waals surface area (Å²) >= 11 is 0. The number of aromatic nitrogens is 1. The number of benzene rings is 3. The molecule has 2 aliphatic carbocycles. The molecule has 3 aromatic carbocycles. The maximum Gasteiger partial charge on any atom is 0.0581 e. The molecular formula is C27H25N. The fourth-order valence-electron chi connectivity index (χ4n) is 5.74. The average Bonchev–Trinajstić information content (AvgIpc) is 3.19. The van der Waals surface area contributed by atoms with Crippen molar-refractivity contribution in [1.82, 2.24) is 4.57 Å². The van der Waals surface area contributed by atoms with Gasteiger partial charge in [0.1, 0.15) is 0 Å². The van der Waals surface area contributed by atoms with Gasteiger partial charge >= 0.3 is 0 Å². The van der Waals surface area contributed by atoms with Crippen molar-refractivity contribution in [2.45, 2.75) is 44.9 Å². The van der Waals surface area contributed by atoms with Crippen LogP contribution in [0.5, 0.6) is 0 Å². The molecule has 1 heteroatoms. The summed E-state index contributed by atoms with van der Waals surface area (Å²) in [5.41, 5.74) is 11.7. The Kier molecular flexibility index (Phi) is 3.24. The highest BCUT2D eigenvalue weighted by molar-refractivity contribution is 5.99. The molecule has 2 aliphatic rings. The summed E-state index contributed by atoms with van der Waals surface area (Å²) in [6.07, 6.45) is 4.99. The van der Waals surface area contributed by atoms with Crippen molar-refractivity contribution in [3.63, 3.8) is 0 Å². The molecule has 0 saturated carbocycles. The van der Waals surface area contributed by atoms with Gasteiger partial charge in [-0.25, -0.2) is 0 Å². The van der Waals surface area contributed by atoms with Crippen LogP contribution in [0.1, 0.15) is 49.1 Å². The van der Waals surface area contributed by atoms with E-state index in [0.717, 1.165) is 0 Å². The van der Waals surface area contributed by atoms with Gasteiger partial charge in [0.2, 0.25) is 0 Å². The monoisotopic (exact) mass is 363 g/mol. The van der Waals surface area contributed by atoms with Gasteiger partial charge in [0.15, 0.2) is 0 Å². The van der Waals surface area contributed by atoms with E-state index in [2.05, 4.69) is 85.1 Å². The normalized spacial score (nSPS) is 16.6. The number of hydrogen-bond donors (Lipinski definition) is 0. The van der Waals surface area contributed by atoms with E-state index in [1.165, 1.54) is 70.2 Å². The molecule has 0 radical (unpaired) electrons. The van der Waals surface area contributed by atoms with E-state index in [-0.39, 0.29) is 5.41 Å². The zero-order chi connectivity index (χ0) is 18.9. The number of fused-ring (bicyclic) bond motifs is 7. The van der Waals surface area contributed by atoms with Crippen molar-refractivity contribution < 1.29 is 0 Å². The van der Waals surface area contributed by atoms with Crippen LogP contribution in [0.15, 0.2) is 66.7 Å². The summed E-state index contributed by atoms with van der Waals surface area (Å²) in [7, 11) is 0. The fourth-order valence-corrected chi connectivity index (χ4v) is 5.74. The van der Waals surface area contributed by atoms with Crippen LogP contribution in [-0.2, 0) is 18.3 Å². The third-order valence-corrected chi connectivity index (χ3v) is 6.97. The van der Waals surface area contributed by atoms with Gasteiger partial charge in [-0.15, -0.1) is 0 Å². The second kappa shape index (κ2) is 5.61. The first kappa shape index (κ1) is 16.2. The topological polar surface area (TPSA) is 4.93 Å². The van der Waals surface area contributed by atoms with Crippen LogP contribution >= 0.6 is 0 Å². The molecule has 0 atom stereocenters. The van der Waals surface area contributed by atoms with Crippen LogP contribution in [0.2, 0.25) is 0 Å². The van der Waals surface area contributed by atoms with E-state index in [9.17, 15) is 0 Å². The SMILES string of the molecule is CC1(C)c2ccccc2-c2ccc3c4c(n(-c5ccccc5)c3c21)CCCC4. The first-order valence-electron chi connectivity index (χ1n) is 10.5. The smallest absolute Gasteiger partial charge is 0.0581 e. The van der Waals surface area contributed by atoms with E-state index in [1.54, 1.807) is 5.56 Å². The highest BCUT2D eigenvalue weighted by Gasteiger charge is 2.39. The summed E-state index contributed by atoms with van der Waals surface area (Å²) in [6.45, 7) is 4.80. The molecule has 1 nitrogen and oxygen atoms in total. The van der Waals surface area contributed by atoms with Crippen LogP contribution in [0, 0.1) is 0 Å². The molecule has 138 valence electrons. The molecule has 1 heterocycles. The molecule has 1 aromatic heterocycles. The lowest BCUT2D eigenvalue weighted by molar-refractivity contribution is 0.656. The fraction of sp³-hybridized carbons (Fsp3) is 0.259. The van der Waals surface area contributed by atoms with Gasteiger partial charge in [-0.05, 0) is 65.6 Å². The lowest BCUT2D eigenvalue weighted by atomic mass is 9.81. The minimum atomic E-state index is 0.0128. The Labute approximate surface area is 166 Å². The van der Waals surface area contributed by atoms with E-state index >= 15 is 0 Å². The van der Waals surface area contributed by atoms with E-state index in [0.29, 0.717) is 0 Å². The molecule has 0 N–H and O–H groups in total. The maximum atomic E-state index is 2.59. The Hall–Kier alpha value is -2.80. The zero-order valence-corrected chi connectivity index (χ0v) is 16.6. The van der Waals surface area contributed by atoms with Crippen molar-refractivity contribution in [3.05, 3.63) is 89.1 Å². The highest BCUT2D eigenvalue weighted by atomic mass is 15.0. The molecular weight excluding hydrogens is 338 g/mol. The van der Waals surface area contributed by atoms with Crippen molar-refractivity contribution in [2.24, 2.45) is 0 Å². The van der Waals surface area contributed by atoms with Crippen molar-refractivity contribution in [2.75, 3.05) is 0 Å². The van der Waals surface area contributed by atoms with Gasteiger partial charge < -0.3 is 4.57 Å². The predicted octanol–water partition coefficient (Wildman–Crippen LogP) is 6.82. The van der Waals surface area contributed by atoms with Gasteiger partial charge in [0.05, 0.1) is 5.52 Å². The number of aryl methyl sites for hydroxylation is 1. The van der Waals surface area contributed by atoms with Gasteiger partial charge in [-0.3, -0.25) is 0 Å². The molecule has 6 rings (SSSR count). The molecule has 0 aliphatic heterocycles. The van der Waals surface area contributed by atoms with E-state index in [4.69, 9.17) is 0 Å². The van der Waals surface area contributed by atoms with Crippen LogP contribution < -0.4 is 0 Å². The second-order valence-electron chi connectivity index (χ2n) is 8.86. The van der Waals surface area contributed by atoms with Crippen LogP contribution in [0.4, 0.5) is 0 Å². The largest absolute Gasteiger partial charge is 0.313 e. The van der Waals surface area contributed by atoms with E-state index in [1.807, 2.05) is 0 Å². The quantitative estimate of drug-likeness (QED) is 0.350. The summed E-state index contributed by atoms with van der Waals surface area (Å²) < 4.78 is 2.59. The Balaban J connectivity index is 1.80. The van der Waals surface area contributed by atoms with Gasteiger partial charge in [0, 0.05) is 22.2 Å². The van der Waals surface area contributed by atoms with Gasteiger partial charge in [-0.2, -0.15) is 0 Å². The molecule has 0 bridgehead atoms. The molecule has 28 heavy (non-hydrogen) atoms. The van der Waals surface area contributed by atoms with Crippen molar-refractivity contribution in [3.8, 4) is 16.8 Å². The molecule has 0 spiro atoms. The Morgan fingerprint density at radius 3 is 2.36 bits per heavy atom. The summed E-state index contributed by atoms with van der Waals surface area (Å²) in [4.78, 5) is 0. The molecule has 0 fully saturated rings. The third kappa shape index (κ3) is 1.97. The third-order valence-electron chi connectivity index (χ3n) is 6.97. The minimum Gasteiger partial charge on any atom is -0.313 e. The number of nitrogens with zero attached hydrogens (tertiary/aromatic N) is 1. The minimum absolute atomic E-state index is 0.0128. The summed E-state index contributed by atoms with van der Waals surface area (Å²) in [5.74, 6) is 0. The maximum absolute atomic E-state index is 2.59. The predicted molar refractivity (Wildman–Crippen MR) is 117 cm³/mol. The average molecular weight is 364 g/mol. The van der Waals surface area contributed by atoms with Gasteiger partial charge in [-0.1, -0.05) is 68.4 Å². The molecule has 0 amide bonds. The Morgan fingerprint density at radius 2 is 1.50 bits per heavy atom. The first-order valence-corrected chi connectivity index (χ1v) is 10.5. The first-order chi connectivity index (χ1) is 13.7. The van der Waals surface area contributed by atoms with E-state index < -0.39 is 0 Å². The number of rotatable bonds is 1. The van der Waals surface area contributed by atoms with Crippen LogP contribution in [0.25, 0.3) is 27.7 Å². The Morgan fingerprint density at radius 1 is 0.750 bits per heavy atom.